The van der Waals surface area contributed by atoms with Crippen LogP contribution in [0.25, 0.3) is 0 Å². The number of hydrogen-bond acceptors (Lipinski definition) is 2. The van der Waals surface area contributed by atoms with E-state index in [1.165, 1.54) is 12.8 Å². The molecule has 2 atom stereocenters. The van der Waals surface area contributed by atoms with Gasteiger partial charge >= 0.3 is 0 Å². The Balaban J connectivity index is 2.28. The van der Waals surface area contributed by atoms with Crippen molar-refractivity contribution in [2.45, 2.75) is 39.5 Å². The zero-order valence-corrected chi connectivity index (χ0v) is 9.81. The summed E-state index contributed by atoms with van der Waals surface area (Å²) >= 11 is 0. The summed E-state index contributed by atoms with van der Waals surface area (Å²) in [6, 6.07) is 0. The van der Waals surface area contributed by atoms with Gasteiger partial charge in [0.25, 0.3) is 0 Å². The Kier molecular flexibility index (Phi) is 5.42. The lowest BCUT2D eigenvalue weighted by Gasteiger charge is -2.27. The smallest absolute Gasteiger partial charge is 0.145 e. The highest BCUT2D eigenvalue weighted by Crippen LogP contribution is 2.22. The van der Waals surface area contributed by atoms with E-state index in [9.17, 15) is 4.79 Å². The molecule has 1 saturated heterocycles. The van der Waals surface area contributed by atoms with Crippen molar-refractivity contribution in [3.8, 4) is 11.8 Å². The molecule has 1 aliphatic heterocycles. The van der Waals surface area contributed by atoms with Crippen molar-refractivity contribution >= 4 is 5.78 Å². The van der Waals surface area contributed by atoms with Crippen LogP contribution < -0.4 is 5.32 Å². The van der Waals surface area contributed by atoms with Crippen LogP contribution >= 0.6 is 0 Å². The molecule has 15 heavy (non-hydrogen) atoms. The fourth-order valence-electron chi connectivity index (χ4n) is 2.15. The molecule has 84 valence electrons. The number of rotatable bonds is 4. The largest absolute Gasteiger partial charge is 0.316 e. The Hall–Kier alpha value is -0.810. The van der Waals surface area contributed by atoms with E-state index < -0.39 is 0 Å². The number of carbonyl (C=O) groups excluding carboxylic acids is 1. The molecule has 1 N–H and O–H groups in total. The van der Waals surface area contributed by atoms with Gasteiger partial charge in [0.15, 0.2) is 0 Å². The Morgan fingerprint density at radius 2 is 2.40 bits per heavy atom. The molecule has 0 aromatic rings. The van der Waals surface area contributed by atoms with Crippen molar-refractivity contribution in [1.82, 2.24) is 5.32 Å². The van der Waals surface area contributed by atoms with Gasteiger partial charge in [0.2, 0.25) is 0 Å². The lowest BCUT2D eigenvalue weighted by Crippen LogP contribution is -2.33. The van der Waals surface area contributed by atoms with Crippen molar-refractivity contribution in [2.24, 2.45) is 11.8 Å². The predicted molar refractivity (Wildman–Crippen MR) is 62.4 cm³/mol. The molecular formula is C13H21NO. The normalized spacial score (nSPS) is 22.7. The van der Waals surface area contributed by atoms with E-state index in [1.807, 2.05) is 0 Å². The first-order valence-corrected chi connectivity index (χ1v) is 5.86. The van der Waals surface area contributed by atoms with E-state index in [0.29, 0.717) is 30.5 Å². The van der Waals surface area contributed by atoms with E-state index in [-0.39, 0.29) is 0 Å². The van der Waals surface area contributed by atoms with E-state index >= 15 is 0 Å². The van der Waals surface area contributed by atoms with Gasteiger partial charge in [-0.15, -0.1) is 5.92 Å². The van der Waals surface area contributed by atoms with Gasteiger partial charge in [-0.3, -0.25) is 4.79 Å². The molecule has 0 saturated carbocycles. The van der Waals surface area contributed by atoms with Crippen LogP contribution in [0.2, 0.25) is 0 Å². The van der Waals surface area contributed by atoms with Crippen LogP contribution in [0.3, 0.4) is 0 Å². The molecular weight excluding hydrogens is 186 g/mol. The molecule has 1 aliphatic rings. The van der Waals surface area contributed by atoms with Crippen LogP contribution in [0.5, 0.6) is 0 Å². The van der Waals surface area contributed by atoms with Crippen LogP contribution in [-0.4, -0.2) is 18.9 Å². The highest BCUT2D eigenvalue weighted by Gasteiger charge is 2.21. The van der Waals surface area contributed by atoms with Crippen molar-refractivity contribution in [3.05, 3.63) is 0 Å². The fraction of sp³-hybridized carbons (Fsp3) is 0.769. The monoisotopic (exact) mass is 207 g/mol. The number of Topliss-reactive ketones (excluding diaryl/α,β-unsaturated/α-hetero) is 1. The fourth-order valence-corrected chi connectivity index (χ4v) is 2.15. The average Bonchev–Trinajstić information content (AvgIpc) is 2.27. The summed E-state index contributed by atoms with van der Waals surface area (Å²) < 4.78 is 0. The number of ketones is 1. The van der Waals surface area contributed by atoms with Gasteiger partial charge < -0.3 is 5.32 Å². The van der Waals surface area contributed by atoms with E-state index in [0.717, 1.165) is 13.1 Å². The third-order valence-corrected chi connectivity index (χ3v) is 3.15. The third kappa shape index (κ3) is 4.48. The predicted octanol–water partition coefficient (Wildman–Crippen LogP) is 1.99. The zero-order chi connectivity index (χ0) is 11.1. The first-order chi connectivity index (χ1) is 7.24. The van der Waals surface area contributed by atoms with E-state index in [1.54, 1.807) is 6.92 Å². The van der Waals surface area contributed by atoms with Crippen LogP contribution in [-0.2, 0) is 4.79 Å². The molecule has 1 heterocycles. The molecule has 0 aromatic heterocycles. The molecule has 1 rings (SSSR count). The van der Waals surface area contributed by atoms with Crippen molar-refractivity contribution in [2.75, 3.05) is 13.1 Å². The van der Waals surface area contributed by atoms with Gasteiger partial charge in [-0.05, 0) is 44.7 Å². The minimum absolute atomic E-state index is 0.294. The maximum Gasteiger partial charge on any atom is 0.145 e. The standard InChI is InChI=1S/C13H21NO/c1-3-4-7-13(15)9-11(2)12-6-5-8-14-10-12/h11-12,14H,5-10H2,1-2H3. The molecule has 1 fully saturated rings. The van der Waals surface area contributed by atoms with Gasteiger partial charge in [-0.1, -0.05) is 12.8 Å². The van der Waals surface area contributed by atoms with Gasteiger partial charge in [-0.2, -0.15) is 0 Å². The molecule has 0 radical (unpaired) electrons. The summed E-state index contributed by atoms with van der Waals surface area (Å²) in [6.45, 7) is 6.18. The second-order valence-corrected chi connectivity index (χ2v) is 4.43. The molecule has 2 unspecified atom stereocenters. The summed E-state index contributed by atoms with van der Waals surface area (Å²) in [4.78, 5) is 11.5. The van der Waals surface area contributed by atoms with E-state index in [4.69, 9.17) is 0 Å². The lowest BCUT2D eigenvalue weighted by molar-refractivity contribution is -0.119. The van der Waals surface area contributed by atoms with Gasteiger partial charge in [0, 0.05) is 6.42 Å². The minimum Gasteiger partial charge on any atom is -0.316 e. The summed E-state index contributed by atoms with van der Waals surface area (Å²) in [5, 5.41) is 3.39. The SMILES string of the molecule is CC#CCC(=O)CC(C)C1CCCNC1. The summed E-state index contributed by atoms with van der Waals surface area (Å²) in [5.74, 6) is 7.08. The second kappa shape index (κ2) is 6.63. The van der Waals surface area contributed by atoms with E-state index in [2.05, 4.69) is 24.1 Å². The van der Waals surface area contributed by atoms with Crippen LogP contribution in [0.15, 0.2) is 0 Å². The van der Waals surface area contributed by atoms with Crippen LogP contribution in [0.4, 0.5) is 0 Å². The summed E-state index contributed by atoms with van der Waals surface area (Å²) in [6.07, 6.45) is 3.64. The number of carbonyl (C=O) groups is 1. The Morgan fingerprint density at radius 1 is 1.60 bits per heavy atom. The highest BCUT2D eigenvalue weighted by molar-refractivity contribution is 5.80. The first-order valence-electron chi connectivity index (χ1n) is 5.86. The molecule has 0 spiro atoms. The van der Waals surface area contributed by atoms with Crippen molar-refractivity contribution < 1.29 is 4.79 Å². The van der Waals surface area contributed by atoms with Gasteiger partial charge in [-0.25, -0.2) is 0 Å². The quantitative estimate of drug-likeness (QED) is 0.714. The Bertz CT molecular complexity index is 255. The Morgan fingerprint density at radius 3 is 3.00 bits per heavy atom. The number of hydrogen-bond donors (Lipinski definition) is 1. The lowest BCUT2D eigenvalue weighted by atomic mass is 9.84. The molecule has 2 nitrogen and oxygen atoms in total. The number of piperidine rings is 1. The molecule has 0 aromatic carbocycles. The topological polar surface area (TPSA) is 29.1 Å². The second-order valence-electron chi connectivity index (χ2n) is 4.43. The van der Waals surface area contributed by atoms with Crippen LogP contribution in [0.1, 0.15) is 39.5 Å². The summed E-state index contributed by atoms with van der Waals surface area (Å²) in [5.41, 5.74) is 0. The molecule has 2 heteroatoms. The average molecular weight is 207 g/mol. The maximum atomic E-state index is 11.5. The third-order valence-electron chi connectivity index (χ3n) is 3.15. The number of nitrogens with one attached hydrogen (secondary N) is 1. The van der Waals surface area contributed by atoms with Crippen LogP contribution in [0, 0.1) is 23.7 Å². The van der Waals surface area contributed by atoms with Crippen molar-refractivity contribution in [3.63, 3.8) is 0 Å². The minimum atomic E-state index is 0.294. The zero-order valence-electron chi connectivity index (χ0n) is 9.81. The maximum absolute atomic E-state index is 11.5. The van der Waals surface area contributed by atoms with Crippen molar-refractivity contribution in [1.29, 1.82) is 0 Å². The summed E-state index contributed by atoms with van der Waals surface area (Å²) in [7, 11) is 0. The molecule has 0 aliphatic carbocycles. The highest BCUT2D eigenvalue weighted by atomic mass is 16.1. The van der Waals surface area contributed by atoms with Gasteiger partial charge in [0.05, 0.1) is 6.42 Å². The van der Waals surface area contributed by atoms with Gasteiger partial charge in [0.1, 0.15) is 5.78 Å². The molecule has 0 bridgehead atoms. The first kappa shape index (κ1) is 12.3. The Labute approximate surface area is 92.8 Å². The molecule has 0 amide bonds.